The number of aryl methyl sites for hydroxylation is 2. The maximum absolute atomic E-state index is 12.8. The number of oxime groups is 1. The summed E-state index contributed by atoms with van der Waals surface area (Å²) >= 11 is 0. The van der Waals surface area contributed by atoms with E-state index in [0.29, 0.717) is 17.9 Å². The van der Waals surface area contributed by atoms with Crippen molar-refractivity contribution < 1.29 is 13.6 Å². The lowest BCUT2D eigenvalue weighted by molar-refractivity contribution is 0.314. The second kappa shape index (κ2) is 6.90. The van der Waals surface area contributed by atoms with Gasteiger partial charge in [0.1, 0.15) is 10.7 Å². The molecule has 0 aliphatic carbocycles. The van der Waals surface area contributed by atoms with Crippen LogP contribution >= 0.6 is 0 Å². The molecule has 0 radical (unpaired) electrons. The van der Waals surface area contributed by atoms with E-state index in [1.54, 1.807) is 13.8 Å². The van der Waals surface area contributed by atoms with Crippen molar-refractivity contribution in [1.29, 1.82) is 0 Å². The summed E-state index contributed by atoms with van der Waals surface area (Å²) in [4.78, 5) is 0.197. The number of hydrogen-bond acceptors (Lipinski definition) is 5. The van der Waals surface area contributed by atoms with E-state index in [1.165, 1.54) is 4.31 Å². The monoisotopic (exact) mass is 317 g/mol. The van der Waals surface area contributed by atoms with Crippen molar-refractivity contribution in [3.05, 3.63) is 11.4 Å². The molecule has 0 fully saturated rings. The first-order valence-electron chi connectivity index (χ1n) is 6.68. The Hall–Kier alpha value is -1.61. The second-order valence-electron chi connectivity index (χ2n) is 5.36. The van der Waals surface area contributed by atoms with Gasteiger partial charge in [-0.25, -0.2) is 8.42 Å². The maximum atomic E-state index is 12.8. The van der Waals surface area contributed by atoms with Gasteiger partial charge in [0.2, 0.25) is 10.0 Å². The molecule has 0 saturated heterocycles. The van der Waals surface area contributed by atoms with Crippen LogP contribution in [0, 0.1) is 19.8 Å². The van der Waals surface area contributed by atoms with E-state index in [9.17, 15) is 8.42 Å². The number of nitrogens with one attached hydrogen (secondary N) is 1. The van der Waals surface area contributed by atoms with Gasteiger partial charge in [-0.05, 0) is 19.8 Å². The molecule has 1 aromatic rings. The van der Waals surface area contributed by atoms with E-state index in [4.69, 9.17) is 10.9 Å². The highest BCUT2D eigenvalue weighted by molar-refractivity contribution is 7.89. The molecular weight excluding hydrogens is 294 g/mol. The van der Waals surface area contributed by atoms with Gasteiger partial charge in [0.15, 0.2) is 0 Å². The van der Waals surface area contributed by atoms with Gasteiger partial charge in [-0.1, -0.05) is 19.0 Å². The third-order valence-corrected chi connectivity index (χ3v) is 5.10. The number of nitrogens with two attached hydrogens (primary N) is 1. The maximum Gasteiger partial charge on any atom is 0.246 e. The molecule has 0 saturated carbocycles. The minimum Gasteiger partial charge on any atom is -0.409 e. The van der Waals surface area contributed by atoms with Crippen molar-refractivity contribution in [3.8, 4) is 0 Å². The summed E-state index contributed by atoms with van der Waals surface area (Å²) in [7, 11) is -3.67. The summed E-state index contributed by atoms with van der Waals surface area (Å²) in [6, 6.07) is 0. The van der Waals surface area contributed by atoms with Crippen molar-refractivity contribution in [2.45, 2.75) is 39.0 Å². The van der Waals surface area contributed by atoms with Crippen LogP contribution in [0.5, 0.6) is 0 Å². The van der Waals surface area contributed by atoms with Gasteiger partial charge in [-0.2, -0.15) is 9.40 Å². The molecule has 0 amide bonds. The van der Waals surface area contributed by atoms with Crippen LogP contribution in [-0.2, 0) is 10.0 Å². The first-order chi connectivity index (χ1) is 9.70. The van der Waals surface area contributed by atoms with Crippen molar-refractivity contribution in [3.63, 3.8) is 0 Å². The first-order valence-corrected chi connectivity index (χ1v) is 8.12. The fourth-order valence-corrected chi connectivity index (χ4v) is 3.99. The Kier molecular flexibility index (Phi) is 5.73. The Balaban J connectivity index is 3.12. The quantitative estimate of drug-likeness (QED) is 0.297. The predicted molar refractivity (Wildman–Crippen MR) is 79.7 cm³/mol. The zero-order chi connectivity index (χ0) is 16.2. The third-order valence-electron chi connectivity index (χ3n) is 2.97. The van der Waals surface area contributed by atoms with Crippen molar-refractivity contribution in [1.82, 2.24) is 14.5 Å². The minimum absolute atomic E-state index is 0.000376. The van der Waals surface area contributed by atoms with Crippen LogP contribution < -0.4 is 5.73 Å². The Bertz CT molecular complexity index is 587. The molecule has 0 spiro atoms. The van der Waals surface area contributed by atoms with Gasteiger partial charge in [-0.3, -0.25) is 5.10 Å². The molecule has 1 rings (SSSR count). The van der Waals surface area contributed by atoms with Gasteiger partial charge in [0.25, 0.3) is 0 Å². The molecule has 0 bridgehead atoms. The van der Waals surface area contributed by atoms with Crippen LogP contribution in [0.3, 0.4) is 0 Å². The lowest BCUT2D eigenvalue weighted by Crippen LogP contribution is -2.37. The smallest absolute Gasteiger partial charge is 0.246 e. The van der Waals surface area contributed by atoms with Gasteiger partial charge in [0.05, 0.1) is 11.4 Å². The average molecular weight is 317 g/mol. The molecule has 0 aliphatic heterocycles. The van der Waals surface area contributed by atoms with Crippen LogP contribution in [0.4, 0.5) is 0 Å². The Morgan fingerprint density at radius 1 is 1.48 bits per heavy atom. The zero-order valence-corrected chi connectivity index (χ0v) is 13.6. The number of hydrogen-bond donors (Lipinski definition) is 3. The lowest BCUT2D eigenvalue weighted by Gasteiger charge is -2.23. The fourth-order valence-electron chi connectivity index (χ4n) is 2.06. The van der Waals surface area contributed by atoms with Crippen molar-refractivity contribution >= 4 is 15.9 Å². The SMILES string of the molecule is Cc1n[nH]c(C)c1S(=O)(=O)N(CCC(N)=NO)CC(C)C. The molecule has 120 valence electrons. The van der Waals surface area contributed by atoms with Gasteiger partial charge < -0.3 is 10.9 Å². The van der Waals surface area contributed by atoms with Gasteiger partial charge in [0, 0.05) is 19.5 Å². The van der Waals surface area contributed by atoms with Crippen LogP contribution in [0.1, 0.15) is 31.7 Å². The molecule has 0 atom stereocenters. The number of sulfonamides is 1. The van der Waals surface area contributed by atoms with E-state index in [-0.39, 0.29) is 29.6 Å². The molecule has 9 heteroatoms. The number of aromatic amines is 1. The normalized spacial score (nSPS) is 13.3. The summed E-state index contributed by atoms with van der Waals surface area (Å²) in [5.74, 6) is 0.152. The highest BCUT2D eigenvalue weighted by Crippen LogP contribution is 2.22. The Labute approximate surface area is 125 Å². The number of amidine groups is 1. The van der Waals surface area contributed by atoms with Crippen LogP contribution in [0.2, 0.25) is 0 Å². The van der Waals surface area contributed by atoms with Gasteiger partial charge >= 0.3 is 0 Å². The molecule has 21 heavy (non-hydrogen) atoms. The molecule has 1 aromatic heterocycles. The van der Waals surface area contributed by atoms with Gasteiger partial charge in [-0.15, -0.1) is 0 Å². The summed E-state index contributed by atoms with van der Waals surface area (Å²) in [6.07, 6.45) is 0.165. The van der Waals surface area contributed by atoms with E-state index in [2.05, 4.69) is 15.4 Å². The highest BCUT2D eigenvalue weighted by Gasteiger charge is 2.30. The molecule has 0 unspecified atom stereocenters. The molecular formula is C12H23N5O3S. The number of aromatic nitrogens is 2. The largest absolute Gasteiger partial charge is 0.409 e. The van der Waals surface area contributed by atoms with Crippen molar-refractivity contribution in [2.75, 3.05) is 13.1 Å². The second-order valence-corrected chi connectivity index (χ2v) is 7.24. The summed E-state index contributed by atoms with van der Waals surface area (Å²) in [5, 5.41) is 18.1. The lowest BCUT2D eigenvalue weighted by atomic mass is 10.2. The molecule has 8 nitrogen and oxygen atoms in total. The highest BCUT2D eigenvalue weighted by atomic mass is 32.2. The molecule has 0 aliphatic rings. The van der Waals surface area contributed by atoms with Crippen molar-refractivity contribution in [2.24, 2.45) is 16.8 Å². The van der Waals surface area contributed by atoms with E-state index in [0.717, 1.165) is 0 Å². The average Bonchev–Trinajstić information content (AvgIpc) is 2.73. The summed E-state index contributed by atoms with van der Waals surface area (Å²) in [6.45, 7) is 7.69. The third kappa shape index (κ3) is 4.18. The van der Waals surface area contributed by atoms with Crippen LogP contribution in [-0.4, -0.2) is 47.1 Å². The predicted octanol–water partition coefficient (Wildman–Crippen LogP) is 0.810. The van der Waals surface area contributed by atoms with Crippen LogP contribution in [0.25, 0.3) is 0 Å². The number of rotatable bonds is 7. The zero-order valence-electron chi connectivity index (χ0n) is 12.8. The van der Waals surface area contributed by atoms with E-state index in [1.807, 2.05) is 13.8 Å². The van der Waals surface area contributed by atoms with E-state index >= 15 is 0 Å². The minimum atomic E-state index is -3.67. The first kappa shape index (κ1) is 17.4. The number of H-pyrrole nitrogens is 1. The van der Waals surface area contributed by atoms with Crippen LogP contribution in [0.15, 0.2) is 10.1 Å². The molecule has 4 N–H and O–H groups in total. The molecule has 0 aromatic carbocycles. The van der Waals surface area contributed by atoms with E-state index < -0.39 is 10.0 Å². The molecule has 1 heterocycles. The standard InChI is InChI=1S/C12H23N5O3S/c1-8(2)7-17(6-5-11(13)16-18)21(19,20)12-9(3)14-15-10(12)4/h8,18H,5-7H2,1-4H3,(H2,13,16)(H,14,15). The summed E-state index contributed by atoms with van der Waals surface area (Å²) < 4.78 is 26.9. The summed E-state index contributed by atoms with van der Waals surface area (Å²) in [5.41, 5.74) is 6.37. The number of nitrogens with zero attached hydrogens (tertiary/aromatic N) is 3. The topological polar surface area (TPSA) is 125 Å². The Morgan fingerprint density at radius 2 is 2.10 bits per heavy atom. The fraction of sp³-hybridized carbons (Fsp3) is 0.667. The Morgan fingerprint density at radius 3 is 2.52 bits per heavy atom.